The monoisotopic (exact) mass is 432 g/mol. The van der Waals surface area contributed by atoms with Crippen LogP contribution in [-0.4, -0.2) is 45.9 Å². The fourth-order valence-corrected chi connectivity index (χ4v) is 5.23. The van der Waals surface area contributed by atoms with Crippen LogP contribution in [0.5, 0.6) is 11.5 Å². The summed E-state index contributed by atoms with van der Waals surface area (Å²) in [4.78, 5) is 12.7. The van der Waals surface area contributed by atoms with Gasteiger partial charge in [-0.05, 0) is 37.5 Å². The van der Waals surface area contributed by atoms with Crippen LogP contribution >= 0.6 is 0 Å². The number of hydrogen-bond donors (Lipinski definition) is 1. The van der Waals surface area contributed by atoms with Crippen molar-refractivity contribution in [2.24, 2.45) is 5.92 Å². The van der Waals surface area contributed by atoms with E-state index in [4.69, 9.17) is 9.47 Å². The molecular formula is C22H28N2O5S. The number of carbonyl (C=O) groups excluding carboxylic acids is 1. The topological polar surface area (TPSA) is 84.9 Å². The summed E-state index contributed by atoms with van der Waals surface area (Å²) in [5.74, 6) is 0.157. The molecule has 2 aromatic rings. The zero-order chi connectivity index (χ0) is 21.7. The Morgan fingerprint density at radius 1 is 1.13 bits per heavy atom. The maximum absolute atomic E-state index is 13.3. The van der Waals surface area contributed by atoms with E-state index in [1.54, 1.807) is 12.1 Å². The molecule has 1 N–H and O–H groups in total. The number of hydrogen-bond acceptors (Lipinski definition) is 5. The van der Waals surface area contributed by atoms with E-state index in [0.29, 0.717) is 31.7 Å². The first-order valence-corrected chi connectivity index (χ1v) is 11.3. The van der Waals surface area contributed by atoms with E-state index in [9.17, 15) is 13.2 Å². The lowest BCUT2D eigenvalue weighted by Crippen LogP contribution is -2.45. The van der Waals surface area contributed by atoms with Gasteiger partial charge in [-0.15, -0.1) is 0 Å². The van der Waals surface area contributed by atoms with Crippen LogP contribution in [0.15, 0.2) is 47.4 Å². The second-order valence-corrected chi connectivity index (χ2v) is 9.33. The number of rotatable bonds is 7. The van der Waals surface area contributed by atoms with E-state index in [-0.39, 0.29) is 23.1 Å². The highest BCUT2D eigenvalue weighted by Gasteiger charge is 2.35. The summed E-state index contributed by atoms with van der Waals surface area (Å²) in [5.41, 5.74) is 2.17. The van der Waals surface area contributed by atoms with Crippen LogP contribution in [0.4, 0.5) is 0 Å². The van der Waals surface area contributed by atoms with E-state index >= 15 is 0 Å². The highest BCUT2D eigenvalue weighted by Crippen LogP contribution is 2.32. The van der Waals surface area contributed by atoms with Gasteiger partial charge in [-0.25, -0.2) is 8.42 Å². The molecule has 0 bridgehead atoms. The zero-order valence-electron chi connectivity index (χ0n) is 17.6. The summed E-state index contributed by atoms with van der Waals surface area (Å²) < 4.78 is 38.3. The molecule has 1 aliphatic heterocycles. The lowest BCUT2D eigenvalue weighted by atomic mass is 9.98. The molecule has 0 aliphatic carbocycles. The smallest absolute Gasteiger partial charge is 0.246 e. The molecule has 162 valence electrons. The van der Waals surface area contributed by atoms with Crippen molar-refractivity contribution in [3.05, 3.63) is 53.6 Å². The Morgan fingerprint density at radius 2 is 1.87 bits per heavy atom. The summed E-state index contributed by atoms with van der Waals surface area (Å²) in [6.07, 6.45) is 1.27. The van der Waals surface area contributed by atoms with Gasteiger partial charge in [0.2, 0.25) is 15.9 Å². The van der Waals surface area contributed by atoms with Crippen LogP contribution in [0.25, 0.3) is 0 Å². The molecular weight excluding hydrogens is 404 g/mol. The minimum absolute atomic E-state index is 0.0464. The van der Waals surface area contributed by atoms with Crippen LogP contribution in [0.1, 0.15) is 24.0 Å². The first-order valence-electron chi connectivity index (χ1n) is 9.90. The summed E-state index contributed by atoms with van der Waals surface area (Å²) >= 11 is 0. The molecule has 7 nitrogen and oxygen atoms in total. The predicted octanol–water partition coefficient (Wildman–Crippen LogP) is 2.73. The van der Waals surface area contributed by atoms with Crippen LogP contribution < -0.4 is 14.8 Å². The molecule has 3 rings (SSSR count). The van der Waals surface area contributed by atoms with E-state index in [2.05, 4.69) is 5.32 Å². The largest absolute Gasteiger partial charge is 0.497 e. The summed E-state index contributed by atoms with van der Waals surface area (Å²) in [6.45, 7) is 2.94. The van der Waals surface area contributed by atoms with Gasteiger partial charge in [0.15, 0.2) is 0 Å². The number of nitrogens with zero attached hydrogens (tertiary/aromatic N) is 1. The van der Waals surface area contributed by atoms with Crippen molar-refractivity contribution in [3.8, 4) is 11.5 Å². The van der Waals surface area contributed by atoms with Crippen molar-refractivity contribution >= 4 is 15.9 Å². The first kappa shape index (κ1) is 22.1. The predicted molar refractivity (Wildman–Crippen MR) is 114 cm³/mol. The second-order valence-electron chi connectivity index (χ2n) is 7.42. The van der Waals surface area contributed by atoms with Gasteiger partial charge in [0.05, 0.1) is 20.1 Å². The number of carbonyl (C=O) groups is 1. The number of methoxy groups -OCH3 is 2. The van der Waals surface area contributed by atoms with Crippen LogP contribution in [-0.2, 0) is 21.4 Å². The third-order valence-electron chi connectivity index (χ3n) is 5.33. The molecule has 0 saturated carbocycles. The molecule has 1 fully saturated rings. The Labute approximate surface area is 178 Å². The van der Waals surface area contributed by atoms with Crippen LogP contribution in [0, 0.1) is 12.8 Å². The molecule has 1 aliphatic rings. The normalized spacial score (nSPS) is 17.4. The maximum atomic E-state index is 13.3. The van der Waals surface area contributed by atoms with E-state index in [0.717, 1.165) is 11.1 Å². The third-order valence-corrected chi connectivity index (χ3v) is 7.22. The minimum Gasteiger partial charge on any atom is -0.497 e. The highest BCUT2D eigenvalue weighted by atomic mass is 32.2. The van der Waals surface area contributed by atoms with Gasteiger partial charge >= 0.3 is 0 Å². The molecule has 0 aromatic heterocycles. The molecule has 30 heavy (non-hydrogen) atoms. The van der Waals surface area contributed by atoms with Crippen molar-refractivity contribution in [3.63, 3.8) is 0 Å². The lowest BCUT2D eigenvalue weighted by Gasteiger charge is -2.31. The quantitative estimate of drug-likeness (QED) is 0.727. The molecule has 1 atom stereocenters. The number of benzene rings is 2. The standard InChI is InChI=1S/C22H28N2O5S/c1-16-6-8-17(9-7-16)14-23-22(25)18-5-4-12-24(15-18)30(26,27)21-13-19(28-2)10-11-20(21)29-3/h6-11,13,18H,4-5,12,14-15H2,1-3H3,(H,23,25). The number of ether oxygens (including phenoxy) is 2. The van der Waals surface area contributed by atoms with E-state index < -0.39 is 15.9 Å². The highest BCUT2D eigenvalue weighted by molar-refractivity contribution is 7.89. The number of nitrogens with one attached hydrogen (secondary N) is 1. The van der Waals surface area contributed by atoms with E-state index in [1.807, 2.05) is 31.2 Å². The van der Waals surface area contributed by atoms with Crippen molar-refractivity contribution in [1.82, 2.24) is 9.62 Å². The maximum Gasteiger partial charge on any atom is 0.246 e. The second kappa shape index (κ2) is 9.49. The Kier molecular flexibility index (Phi) is 6.99. The van der Waals surface area contributed by atoms with Gasteiger partial charge in [0.25, 0.3) is 0 Å². The first-order chi connectivity index (χ1) is 14.3. The van der Waals surface area contributed by atoms with Gasteiger partial charge in [0, 0.05) is 25.7 Å². The fraction of sp³-hybridized carbons (Fsp3) is 0.409. The van der Waals surface area contributed by atoms with E-state index in [1.165, 1.54) is 24.6 Å². The minimum atomic E-state index is -3.83. The molecule has 0 spiro atoms. The van der Waals surface area contributed by atoms with Crippen molar-refractivity contribution in [2.75, 3.05) is 27.3 Å². The van der Waals surface area contributed by atoms with Gasteiger partial charge in [-0.1, -0.05) is 29.8 Å². The van der Waals surface area contributed by atoms with Crippen molar-refractivity contribution in [2.45, 2.75) is 31.2 Å². The summed E-state index contributed by atoms with van der Waals surface area (Å²) in [5, 5.41) is 2.94. The number of amides is 1. The Bertz CT molecular complexity index is 989. The average molecular weight is 433 g/mol. The van der Waals surface area contributed by atoms with Crippen LogP contribution in [0.2, 0.25) is 0 Å². The molecule has 1 amide bonds. The van der Waals surface area contributed by atoms with Gasteiger partial charge < -0.3 is 14.8 Å². The number of aryl methyl sites for hydroxylation is 1. The Balaban J connectivity index is 1.71. The number of piperidine rings is 1. The average Bonchev–Trinajstić information content (AvgIpc) is 2.78. The molecule has 2 aromatic carbocycles. The van der Waals surface area contributed by atoms with Gasteiger partial charge in [-0.2, -0.15) is 4.31 Å². The SMILES string of the molecule is COc1ccc(OC)c(S(=O)(=O)N2CCCC(C(=O)NCc3ccc(C)cc3)C2)c1. The van der Waals surface area contributed by atoms with Gasteiger partial charge in [-0.3, -0.25) is 4.79 Å². The van der Waals surface area contributed by atoms with Crippen molar-refractivity contribution < 1.29 is 22.7 Å². The Morgan fingerprint density at radius 3 is 2.53 bits per heavy atom. The Hall–Kier alpha value is -2.58. The van der Waals surface area contributed by atoms with Crippen molar-refractivity contribution in [1.29, 1.82) is 0 Å². The molecule has 1 saturated heterocycles. The van der Waals surface area contributed by atoms with Crippen LogP contribution in [0.3, 0.4) is 0 Å². The molecule has 1 heterocycles. The molecule has 1 unspecified atom stereocenters. The lowest BCUT2D eigenvalue weighted by molar-refractivity contribution is -0.126. The number of sulfonamides is 1. The zero-order valence-corrected chi connectivity index (χ0v) is 18.4. The fourth-order valence-electron chi connectivity index (χ4n) is 3.54. The third kappa shape index (κ3) is 4.94. The molecule has 8 heteroatoms. The summed E-state index contributed by atoms with van der Waals surface area (Å²) in [6, 6.07) is 12.6. The summed E-state index contributed by atoms with van der Waals surface area (Å²) in [7, 11) is -0.919. The molecule has 0 radical (unpaired) electrons. The van der Waals surface area contributed by atoms with Gasteiger partial charge in [0.1, 0.15) is 16.4 Å².